The molecule has 10 aliphatic rings. The number of Topliss-reactive ketones (excluding diaryl/α,β-unsaturated/α-hetero) is 1. The van der Waals surface area contributed by atoms with E-state index in [0.717, 1.165) is 19.7 Å². The normalized spacial score (nSPS) is 113. The van der Waals surface area contributed by atoms with Gasteiger partial charge in [0.2, 0.25) is 0 Å². The number of hydrogen-bond donors (Lipinski definition) is 0. The average Bonchev–Trinajstić information content (AvgIpc) is 3.20. The SMILES string of the molecule is CC(=O)[C]12[CH]3[CH]4[CH]5[CH]1[Fe]45321678[CH]2[CH]1[CH]6[C]7(C[Si](C)(C)C)[CH]28. The Labute approximate surface area is 105 Å². The van der Waals surface area contributed by atoms with Crippen molar-refractivity contribution < 1.29 is 11.3 Å². The molecule has 10 heterocycles. The fraction of sp³-hybridized carbons (Fsp3) is 0.938. The average molecular weight is 314 g/mol. The van der Waals surface area contributed by atoms with Crippen molar-refractivity contribution in [2.75, 3.05) is 0 Å². The third-order valence-corrected chi connectivity index (χ3v) is 61.9. The molecule has 1 nitrogen and oxygen atoms in total. The van der Waals surface area contributed by atoms with Crippen LogP contribution in [0.2, 0.25) is 72.8 Å². The molecule has 19 heavy (non-hydrogen) atoms. The molecule has 3 heteroatoms. The van der Waals surface area contributed by atoms with E-state index in [2.05, 4.69) is 19.6 Å². The number of hydrogen-bond acceptors (Lipinski definition) is 1. The molecule has 8 unspecified atom stereocenters. The number of fused-ring (bicyclic) bond motifs is 10. The van der Waals surface area contributed by atoms with E-state index in [1.54, 1.807) is 6.04 Å². The molecule has 0 radical (unpaired) electrons. The molecule has 10 saturated heterocycles. The Morgan fingerprint density at radius 2 is 1.47 bits per heavy atom. The van der Waals surface area contributed by atoms with E-state index in [4.69, 9.17) is 0 Å². The molecule has 0 aliphatic carbocycles. The predicted molar refractivity (Wildman–Crippen MR) is 74.2 cm³/mol. The quantitative estimate of drug-likeness (QED) is 0.667. The van der Waals surface area contributed by atoms with Crippen LogP contribution in [-0.4, -0.2) is 13.9 Å². The van der Waals surface area contributed by atoms with Crippen molar-refractivity contribution in [1.29, 1.82) is 0 Å². The van der Waals surface area contributed by atoms with Crippen LogP contribution in [0.1, 0.15) is 6.92 Å². The first-order chi connectivity index (χ1) is 8.58. The van der Waals surface area contributed by atoms with Crippen molar-refractivity contribution in [3.63, 3.8) is 0 Å². The van der Waals surface area contributed by atoms with E-state index in [-0.39, 0.29) is 0 Å². The molecule has 0 aromatic carbocycles. The number of rotatable bonds is 3. The summed E-state index contributed by atoms with van der Waals surface area (Å²) in [7, 11) is -0.961. The van der Waals surface area contributed by atoms with Gasteiger partial charge in [-0.2, -0.15) is 0 Å². The molecule has 0 aromatic rings. The molecule has 0 N–H and O–H groups in total. The van der Waals surface area contributed by atoms with Gasteiger partial charge in [-0.25, -0.2) is 0 Å². The van der Waals surface area contributed by atoms with Crippen LogP contribution < -0.4 is 0 Å². The molecule has 0 saturated carbocycles. The molecule has 0 aromatic heterocycles. The van der Waals surface area contributed by atoms with Gasteiger partial charge in [-0.1, -0.05) is 0 Å². The van der Waals surface area contributed by atoms with Crippen LogP contribution in [-0.2, 0) is 11.3 Å². The summed E-state index contributed by atoms with van der Waals surface area (Å²) in [6.07, 6.45) is 0. The minimum atomic E-state index is -3.28. The molecular formula is C16H22FeOSi. The molecule has 104 valence electrons. The summed E-state index contributed by atoms with van der Waals surface area (Å²) in [4.78, 5) is 22.8. The fourth-order valence-electron chi connectivity index (χ4n) is 19.3. The second kappa shape index (κ2) is 0.667. The predicted octanol–water partition coefficient (Wildman–Crippen LogP) is 5.04. The minimum absolute atomic E-state index is 0.508. The summed E-state index contributed by atoms with van der Waals surface area (Å²) in [6, 6.07) is 1.67. The molecule has 10 aliphatic heterocycles. The van der Waals surface area contributed by atoms with Gasteiger partial charge >= 0.3 is 105 Å². The maximum atomic E-state index is 12.8. The molecule has 8 atom stereocenters. The summed E-state index contributed by atoms with van der Waals surface area (Å²) < 4.78 is 1.47. The van der Waals surface area contributed by atoms with E-state index in [1.807, 2.05) is 6.92 Å². The van der Waals surface area contributed by atoms with E-state index in [9.17, 15) is 4.79 Å². The zero-order valence-electron chi connectivity index (χ0n) is 12.1. The van der Waals surface area contributed by atoms with Crippen molar-refractivity contribution >= 4 is 13.9 Å². The first-order valence-corrected chi connectivity index (χ1v) is 18.2. The summed E-state index contributed by atoms with van der Waals surface area (Å²) >= 11 is 0. The summed E-state index contributed by atoms with van der Waals surface area (Å²) in [6.45, 7) is 6.58. The van der Waals surface area contributed by atoms with Gasteiger partial charge in [0.25, 0.3) is 0 Å². The van der Waals surface area contributed by atoms with Gasteiger partial charge in [-0.05, 0) is 0 Å². The fourth-order valence-corrected chi connectivity index (χ4v) is 103. The molecular weight excluding hydrogens is 292 g/mol. The second-order valence-electron chi connectivity index (χ2n) is 13.2. The van der Waals surface area contributed by atoms with Gasteiger partial charge in [-0.15, -0.1) is 0 Å². The zero-order valence-corrected chi connectivity index (χ0v) is 14.2. The number of ketones is 1. The van der Waals surface area contributed by atoms with Gasteiger partial charge in [0.1, 0.15) is 0 Å². The van der Waals surface area contributed by atoms with Crippen LogP contribution in [0.5, 0.6) is 0 Å². The Kier molecular flexibility index (Phi) is 0.286. The molecule has 10 rings (SSSR count). The number of carbonyl (C=O) groups excluding carboxylic acids is 1. The van der Waals surface area contributed by atoms with Gasteiger partial charge in [0.15, 0.2) is 0 Å². The molecule has 1 spiro atoms. The van der Waals surface area contributed by atoms with E-state index >= 15 is 0 Å². The van der Waals surface area contributed by atoms with Crippen molar-refractivity contribution in [2.24, 2.45) is 0 Å². The first-order valence-electron chi connectivity index (χ1n) is 8.30. The van der Waals surface area contributed by atoms with Gasteiger partial charge in [0, 0.05) is 0 Å². The monoisotopic (exact) mass is 314 g/mol. The Bertz CT molecular complexity index is 1100. The topological polar surface area (TPSA) is 17.1 Å². The zero-order chi connectivity index (χ0) is 12.7. The molecule has 0 amide bonds. The van der Waals surface area contributed by atoms with E-state index < -0.39 is 14.6 Å². The van der Waals surface area contributed by atoms with Crippen LogP contribution >= 0.6 is 0 Å². The Morgan fingerprint density at radius 3 is 1.74 bits per heavy atom. The third kappa shape index (κ3) is 0.0872. The standard InChI is InChI=1S/C9H15Si.C7H7O.Fe/c1-10(2,3)8-9-6-4-5-7-9;1-6(8)7-4-2-3-5-7;/h4-7H,8H2,1-3H3;2-5H,1H3;. The van der Waals surface area contributed by atoms with Crippen LogP contribution in [0.4, 0.5) is 0 Å². The third-order valence-electron chi connectivity index (χ3n) is 16.4. The summed E-state index contributed by atoms with van der Waals surface area (Å²) in [5, 5.41) is 0. The maximum absolute atomic E-state index is 12.8. The van der Waals surface area contributed by atoms with Crippen LogP contribution in [0.15, 0.2) is 0 Å². The van der Waals surface area contributed by atoms with Crippen LogP contribution in [0, 0.1) is 0 Å². The number of carbonyl (C=O) groups is 1. The summed E-state index contributed by atoms with van der Waals surface area (Å²) in [5.41, 5.74) is 0. The van der Waals surface area contributed by atoms with Crippen molar-refractivity contribution in [3.05, 3.63) is 0 Å². The van der Waals surface area contributed by atoms with Crippen molar-refractivity contribution in [3.8, 4) is 0 Å². The van der Waals surface area contributed by atoms with E-state index in [0.29, 0.717) is 4.31 Å². The van der Waals surface area contributed by atoms with Crippen LogP contribution in [0.25, 0.3) is 0 Å². The molecule has 10 fully saturated rings. The molecule has 0 bridgehead atoms. The Hall–Kier alpha value is 0.406. The second-order valence-corrected chi connectivity index (χ2v) is 42.0. The Balaban J connectivity index is 1.54. The van der Waals surface area contributed by atoms with Gasteiger partial charge < -0.3 is 0 Å². The first kappa shape index (κ1) is 8.15. The van der Waals surface area contributed by atoms with Gasteiger partial charge in [-0.3, -0.25) is 0 Å². The van der Waals surface area contributed by atoms with E-state index in [1.165, 1.54) is 28.9 Å². The Morgan fingerprint density at radius 1 is 1.00 bits per heavy atom. The van der Waals surface area contributed by atoms with Crippen molar-refractivity contribution in [1.82, 2.24) is 0 Å². The van der Waals surface area contributed by atoms with Crippen LogP contribution in [0.3, 0.4) is 0 Å². The van der Waals surface area contributed by atoms with Crippen molar-refractivity contribution in [2.45, 2.75) is 79.8 Å². The summed E-state index contributed by atoms with van der Waals surface area (Å²) in [5.74, 6) is 0.744. The van der Waals surface area contributed by atoms with Gasteiger partial charge in [0.05, 0.1) is 0 Å².